The van der Waals surface area contributed by atoms with E-state index in [9.17, 15) is 4.79 Å². The summed E-state index contributed by atoms with van der Waals surface area (Å²) in [4.78, 5) is 14.3. The first-order valence-corrected chi connectivity index (χ1v) is 6.75. The van der Waals surface area contributed by atoms with Crippen molar-refractivity contribution in [3.8, 4) is 0 Å². The molecule has 3 heteroatoms. The van der Waals surface area contributed by atoms with Gasteiger partial charge in [-0.25, -0.2) is 4.79 Å². The molecule has 0 aromatic carbocycles. The van der Waals surface area contributed by atoms with Gasteiger partial charge in [0.05, 0.1) is 0 Å². The molecule has 0 N–H and O–H groups in total. The van der Waals surface area contributed by atoms with Gasteiger partial charge in [0.15, 0.2) is 0 Å². The first kappa shape index (κ1) is 12.6. The van der Waals surface area contributed by atoms with E-state index in [0.717, 1.165) is 25.0 Å². The number of esters is 1. The standard InChI is InChI=1S/C14H23NO2/c1-4-10(3)14(16)17-13-8-11-6-7-12(9-13)15(11)5-2/h4,11-13H,5-9H2,1-3H3/b10-4+. The van der Waals surface area contributed by atoms with Gasteiger partial charge in [0.1, 0.15) is 6.10 Å². The second-order valence-corrected chi connectivity index (χ2v) is 5.19. The molecule has 96 valence electrons. The Morgan fingerprint density at radius 2 is 1.94 bits per heavy atom. The van der Waals surface area contributed by atoms with Crippen molar-refractivity contribution in [3.05, 3.63) is 11.6 Å². The highest BCUT2D eigenvalue weighted by atomic mass is 16.5. The maximum absolute atomic E-state index is 11.7. The molecule has 0 aromatic rings. The van der Waals surface area contributed by atoms with Gasteiger partial charge in [-0.2, -0.15) is 0 Å². The maximum atomic E-state index is 11.7. The van der Waals surface area contributed by atoms with Crippen molar-refractivity contribution in [2.24, 2.45) is 0 Å². The molecule has 0 amide bonds. The molecule has 2 bridgehead atoms. The van der Waals surface area contributed by atoms with Gasteiger partial charge in [-0.1, -0.05) is 13.0 Å². The zero-order valence-electron chi connectivity index (χ0n) is 11.1. The molecule has 0 radical (unpaired) electrons. The highest BCUT2D eigenvalue weighted by molar-refractivity contribution is 5.87. The van der Waals surface area contributed by atoms with E-state index in [2.05, 4.69) is 11.8 Å². The van der Waals surface area contributed by atoms with E-state index in [1.165, 1.54) is 12.8 Å². The van der Waals surface area contributed by atoms with Gasteiger partial charge in [-0.15, -0.1) is 0 Å². The summed E-state index contributed by atoms with van der Waals surface area (Å²) in [6.45, 7) is 7.05. The van der Waals surface area contributed by atoms with Gasteiger partial charge < -0.3 is 4.74 Å². The van der Waals surface area contributed by atoms with Crippen LogP contribution in [0.15, 0.2) is 11.6 Å². The Bertz CT molecular complexity index is 310. The lowest BCUT2D eigenvalue weighted by atomic mass is 10.00. The predicted octanol–water partition coefficient (Wildman–Crippen LogP) is 2.51. The van der Waals surface area contributed by atoms with E-state index in [0.29, 0.717) is 12.1 Å². The Morgan fingerprint density at radius 1 is 1.35 bits per heavy atom. The summed E-state index contributed by atoms with van der Waals surface area (Å²) < 4.78 is 5.58. The minimum absolute atomic E-state index is 0.137. The number of rotatable bonds is 3. The van der Waals surface area contributed by atoms with Crippen LogP contribution in [0.5, 0.6) is 0 Å². The van der Waals surface area contributed by atoms with Gasteiger partial charge in [-0.3, -0.25) is 4.90 Å². The Hall–Kier alpha value is -0.830. The van der Waals surface area contributed by atoms with Crippen LogP contribution in [-0.2, 0) is 9.53 Å². The SMILES string of the molecule is C/C=C(\C)C(=O)OC1CC2CCC(C1)N2CC. The van der Waals surface area contributed by atoms with Crippen LogP contribution >= 0.6 is 0 Å². The average Bonchev–Trinajstić information content (AvgIpc) is 2.58. The van der Waals surface area contributed by atoms with Gasteiger partial charge in [0.2, 0.25) is 0 Å². The molecule has 2 rings (SSSR count). The predicted molar refractivity (Wildman–Crippen MR) is 67.7 cm³/mol. The van der Waals surface area contributed by atoms with Gasteiger partial charge in [-0.05, 0) is 33.2 Å². The minimum atomic E-state index is -0.137. The molecular weight excluding hydrogens is 214 g/mol. The van der Waals surface area contributed by atoms with E-state index in [1.54, 1.807) is 0 Å². The van der Waals surface area contributed by atoms with Gasteiger partial charge >= 0.3 is 5.97 Å². The third-order valence-electron chi connectivity index (χ3n) is 4.23. The number of piperidine rings is 1. The number of fused-ring (bicyclic) bond motifs is 2. The molecular formula is C14H23NO2. The molecule has 0 spiro atoms. The van der Waals surface area contributed by atoms with Crippen LogP contribution in [-0.4, -0.2) is 35.6 Å². The van der Waals surface area contributed by atoms with Crippen LogP contribution in [0.3, 0.4) is 0 Å². The molecule has 3 nitrogen and oxygen atoms in total. The monoisotopic (exact) mass is 237 g/mol. The van der Waals surface area contributed by atoms with Crippen molar-refractivity contribution in [1.29, 1.82) is 0 Å². The second kappa shape index (κ2) is 5.21. The summed E-state index contributed by atoms with van der Waals surface area (Å²) in [6, 6.07) is 1.28. The van der Waals surface area contributed by atoms with Crippen LogP contribution in [0.2, 0.25) is 0 Å². The van der Waals surface area contributed by atoms with Crippen molar-refractivity contribution < 1.29 is 9.53 Å². The van der Waals surface area contributed by atoms with Crippen molar-refractivity contribution in [1.82, 2.24) is 4.90 Å². The summed E-state index contributed by atoms with van der Waals surface area (Å²) in [5.74, 6) is -0.137. The highest BCUT2D eigenvalue weighted by Crippen LogP contribution is 2.36. The largest absolute Gasteiger partial charge is 0.459 e. The number of hydrogen-bond acceptors (Lipinski definition) is 3. The first-order valence-electron chi connectivity index (χ1n) is 6.75. The number of carbonyl (C=O) groups excluding carboxylic acids is 1. The topological polar surface area (TPSA) is 29.5 Å². The third-order valence-corrected chi connectivity index (χ3v) is 4.23. The molecule has 2 aliphatic rings. The van der Waals surface area contributed by atoms with Crippen LogP contribution < -0.4 is 0 Å². The van der Waals surface area contributed by atoms with Crippen LogP contribution in [0.4, 0.5) is 0 Å². The summed E-state index contributed by atoms with van der Waals surface area (Å²) >= 11 is 0. The number of nitrogens with zero attached hydrogens (tertiary/aromatic N) is 1. The van der Waals surface area contributed by atoms with Crippen LogP contribution in [0.25, 0.3) is 0 Å². The summed E-state index contributed by atoms with van der Waals surface area (Å²) in [7, 11) is 0. The number of ether oxygens (including phenoxy) is 1. The third kappa shape index (κ3) is 2.54. The molecule has 2 unspecified atom stereocenters. The lowest BCUT2D eigenvalue weighted by Crippen LogP contribution is -2.45. The van der Waals surface area contributed by atoms with Gasteiger partial charge in [0.25, 0.3) is 0 Å². The second-order valence-electron chi connectivity index (χ2n) is 5.19. The molecule has 0 aromatic heterocycles. The Labute approximate surface area is 104 Å². The smallest absolute Gasteiger partial charge is 0.333 e. The van der Waals surface area contributed by atoms with E-state index >= 15 is 0 Å². The Morgan fingerprint density at radius 3 is 2.41 bits per heavy atom. The number of carbonyl (C=O) groups is 1. The normalized spacial score (nSPS) is 33.8. The minimum Gasteiger partial charge on any atom is -0.459 e. The average molecular weight is 237 g/mol. The summed E-state index contributed by atoms with van der Waals surface area (Å²) in [5.41, 5.74) is 0.718. The quantitative estimate of drug-likeness (QED) is 0.558. The van der Waals surface area contributed by atoms with E-state index in [1.807, 2.05) is 19.9 Å². The number of hydrogen-bond donors (Lipinski definition) is 0. The molecule has 0 saturated carbocycles. The lowest BCUT2D eigenvalue weighted by Gasteiger charge is -2.37. The van der Waals surface area contributed by atoms with E-state index in [4.69, 9.17) is 4.74 Å². The summed E-state index contributed by atoms with van der Waals surface area (Å²) in [5, 5.41) is 0. The Balaban J connectivity index is 1.92. The van der Waals surface area contributed by atoms with Crippen LogP contribution in [0, 0.1) is 0 Å². The molecule has 0 aliphatic carbocycles. The molecule has 2 heterocycles. The molecule has 2 saturated heterocycles. The zero-order chi connectivity index (χ0) is 12.4. The van der Waals surface area contributed by atoms with Crippen LogP contribution in [0.1, 0.15) is 46.5 Å². The first-order chi connectivity index (χ1) is 8.15. The highest BCUT2D eigenvalue weighted by Gasteiger charge is 2.41. The Kier molecular flexibility index (Phi) is 3.87. The molecule has 2 aliphatic heterocycles. The summed E-state index contributed by atoms with van der Waals surface area (Å²) in [6.07, 6.45) is 6.54. The number of allylic oxidation sites excluding steroid dienone is 1. The van der Waals surface area contributed by atoms with E-state index in [-0.39, 0.29) is 12.1 Å². The van der Waals surface area contributed by atoms with Crippen molar-refractivity contribution in [3.63, 3.8) is 0 Å². The molecule has 2 atom stereocenters. The maximum Gasteiger partial charge on any atom is 0.333 e. The van der Waals surface area contributed by atoms with Crippen molar-refractivity contribution >= 4 is 5.97 Å². The van der Waals surface area contributed by atoms with Gasteiger partial charge in [0, 0.05) is 30.5 Å². The molecule has 17 heavy (non-hydrogen) atoms. The van der Waals surface area contributed by atoms with Crippen molar-refractivity contribution in [2.45, 2.75) is 64.6 Å². The van der Waals surface area contributed by atoms with Crippen molar-refractivity contribution in [2.75, 3.05) is 6.54 Å². The fourth-order valence-corrected chi connectivity index (χ4v) is 3.20. The fourth-order valence-electron chi connectivity index (χ4n) is 3.20. The van der Waals surface area contributed by atoms with E-state index < -0.39 is 0 Å². The lowest BCUT2D eigenvalue weighted by molar-refractivity contribution is -0.147. The molecule has 2 fully saturated rings. The fraction of sp³-hybridized carbons (Fsp3) is 0.786. The zero-order valence-corrected chi connectivity index (χ0v) is 11.1.